The van der Waals surface area contributed by atoms with Gasteiger partial charge in [-0.3, -0.25) is 9.35 Å². The standard InChI is InChI=1S/C19H31N3O.C7H8O3S/c1-3-4-5-6-7-8-9-10-11-12-15-20-21-19(23)18-14-13-16-22(2)17-18;1-6-2-4-7(5-3-6)11(8,9)10/h13-17H,3-12H2,1-2H3;2-5H,1H3,(H,8,9,10)/p+1/b20-15+;. The quantitative estimate of drug-likeness (QED) is 0.129. The van der Waals surface area contributed by atoms with Crippen molar-refractivity contribution in [1.82, 2.24) is 5.43 Å². The lowest BCUT2D eigenvalue weighted by Gasteiger charge is -2.00. The second kappa shape index (κ2) is 16.9. The van der Waals surface area contributed by atoms with Crippen molar-refractivity contribution >= 4 is 22.2 Å². The van der Waals surface area contributed by atoms with Crippen molar-refractivity contribution in [2.24, 2.45) is 12.1 Å². The van der Waals surface area contributed by atoms with Crippen LogP contribution in [0.2, 0.25) is 0 Å². The Morgan fingerprint density at radius 1 is 1.00 bits per heavy atom. The number of benzene rings is 1. The molecule has 0 aliphatic rings. The molecule has 0 radical (unpaired) electrons. The van der Waals surface area contributed by atoms with Gasteiger partial charge in [0.1, 0.15) is 12.6 Å². The van der Waals surface area contributed by atoms with E-state index in [1.165, 1.54) is 63.5 Å². The normalized spacial score (nSPS) is 11.2. The highest BCUT2D eigenvalue weighted by molar-refractivity contribution is 7.85. The van der Waals surface area contributed by atoms with Gasteiger partial charge in [0.15, 0.2) is 12.4 Å². The van der Waals surface area contributed by atoms with E-state index in [0.29, 0.717) is 5.56 Å². The highest BCUT2D eigenvalue weighted by atomic mass is 32.2. The van der Waals surface area contributed by atoms with E-state index in [-0.39, 0.29) is 10.8 Å². The first-order valence-electron chi connectivity index (χ1n) is 12.1. The smallest absolute Gasteiger partial charge is 0.282 e. The molecule has 1 amide bonds. The van der Waals surface area contributed by atoms with Crippen LogP contribution in [0.15, 0.2) is 58.8 Å². The van der Waals surface area contributed by atoms with Crippen molar-refractivity contribution in [2.75, 3.05) is 0 Å². The molecule has 2 N–H and O–H groups in total. The first kappa shape index (κ1) is 29.5. The fourth-order valence-electron chi connectivity index (χ4n) is 3.21. The summed E-state index contributed by atoms with van der Waals surface area (Å²) in [5.41, 5.74) is 4.15. The molecule has 0 fully saturated rings. The predicted octanol–water partition coefficient (Wildman–Crippen LogP) is 5.39. The minimum Gasteiger partial charge on any atom is -0.282 e. The topological polar surface area (TPSA) is 99.7 Å². The first-order chi connectivity index (χ1) is 16.2. The number of rotatable bonds is 13. The lowest BCUT2D eigenvalue weighted by Crippen LogP contribution is -2.29. The highest BCUT2D eigenvalue weighted by Crippen LogP contribution is 2.10. The van der Waals surface area contributed by atoms with E-state index in [9.17, 15) is 13.2 Å². The number of amides is 1. The highest BCUT2D eigenvalue weighted by Gasteiger charge is 2.07. The monoisotopic (exact) mass is 490 g/mol. The average Bonchev–Trinajstić information content (AvgIpc) is 2.80. The zero-order chi connectivity index (χ0) is 25.2. The van der Waals surface area contributed by atoms with E-state index in [0.717, 1.165) is 18.4 Å². The summed E-state index contributed by atoms with van der Waals surface area (Å²) in [6.07, 6.45) is 18.3. The summed E-state index contributed by atoms with van der Waals surface area (Å²) in [6.45, 7) is 4.09. The number of pyridine rings is 1. The van der Waals surface area contributed by atoms with Gasteiger partial charge in [-0.15, -0.1) is 0 Å². The van der Waals surface area contributed by atoms with Crippen molar-refractivity contribution in [3.05, 3.63) is 59.9 Å². The second-order valence-electron chi connectivity index (χ2n) is 8.42. The molecule has 8 heteroatoms. The van der Waals surface area contributed by atoms with Gasteiger partial charge in [0.25, 0.3) is 16.0 Å². The maximum atomic E-state index is 11.8. The van der Waals surface area contributed by atoms with Crippen LogP contribution in [0.25, 0.3) is 0 Å². The fraction of sp³-hybridized carbons (Fsp3) is 0.500. The molecule has 0 saturated carbocycles. The summed E-state index contributed by atoms with van der Waals surface area (Å²) in [5, 5.41) is 4.01. The van der Waals surface area contributed by atoms with Gasteiger partial charge in [-0.05, 0) is 38.0 Å². The van der Waals surface area contributed by atoms with E-state index >= 15 is 0 Å². The Hall–Kier alpha value is -2.58. The van der Waals surface area contributed by atoms with Gasteiger partial charge in [-0.1, -0.05) is 76.0 Å². The SMILES string of the molecule is CCCCCCCCCCC/C=N/NC(=O)c1ccc[n+](C)c1.Cc1ccc(S(=O)(=O)O)cc1. The van der Waals surface area contributed by atoms with Gasteiger partial charge >= 0.3 is 0 Å². The van der Waals surface area contributed by atoms with E-state index in [1.807, 2.05) is 37.0 Å². The number of hydrogen-bond donors (Lipinski definition) is 2. The number of unbranched alkanes of at least 4 members (excludes halogenated alkanes) is 9. The van der Waals surface area contributed by atoms with Crippen molar-refractivity contribution in [1.29, 1.82) is 0 Å². The van der Waals surface area contributed by atoms with Crippen LogP contribution < -0.4 is 9.99 Å². The Bertz CT molecular complexity index is 974. The van der Waals surface area contributed by atoms with Crippen molar-refractivity contribution in [3.63, 3.8) is 0 Å². The number of nitrogens with one attached hydrogen (secondary N) is 1. The van der Waals surface area contributed by atoms with Crippen LogP contribution in [0.3, 0.4) is 0 Å². The average molecular weight is 491 g/mol. The van der Waals surface area contributed by atoms with Gasteiger partial charge in [-0.25, -0.2) is 9.99 Å². The molecule has 7 nitrogen and oxygen atoms in total. The third kappa shape index (κ3) is 13.9. The van der Waals surface area contributed by atoms with Gasteiger partial charge < -0.3 is 0 Å². The zero-order valence-electron chi connectivity index (χ0n) is 20.7. The maximum Gasteiger partial charge on any atom is 0.294 e. The molecule has 0 aliphatic carbocycles. The second-order valence-corrected chi connectivity index (χ2v) is 9.84. The fourth-order valence-corrected chi connectivity index (χ4v) is 3.69. The molecular weight excluding hydrogens is 450 g/mol. The number of hydrazone groups is 1. The molecule has 2 aromatic rings. The number of carbonyl (C=O) groups is 1. The van der Waals surface area contributed by atoms with Crippen molar-refractivity contribution in [2.45, 2.75) is 83.0 Å². The Balaban J connectivity index is 0.000000437. The number of nitrogens with zero attached hydrogens (tertiary/aromatic N) is 2. The van der Waals surface area contributed by atoms with Crippen LogP contribution in [-0.4, -0.2) is 25.1 Å². The minimum absolute atomic E-state index is 0.0666. The summed E-state index contributed by atoms with van der Waals surface area (Å²) in [7, 11) is -2.13. The molecule has 1 aromatic carbocycles. The summed E-state index contributed by atoms with van der Waals surface area (Å²) in [5.74, 6) is -0.162. The number of hydrogen-bond acceptors (Lipinski definition) is 4. The molecule has 0 unspecified atom stereocenters. The van der Waals surface area contributed by atoms with Crippen molar-refractivity contribution in [3.8, 4) is 0 Å². The minimum atomic E-state index is -4.02. The third-order valence-electron chi connectivity index (χ3n) is 5.21. The summed E-state index contributed by atoms with van der Waals surface area (Å²) >= 11 is 0. The first-order valence-corrected chi connectivity index (χ1v) is 13.5. The number of carbonyl (C=O) groups excluding carboxylic acids is 1. The van der Waals surface area contributed by atoms with Gasteiger partial charge in [0, 0.05) is 12.3 Å². The molecule has 1 aromatic heterocycles. The lowest BCUT2D eigenvalue weighted by atomic mass is 10.1. The van der Waals surface area contributed by atoms with Crippen molar-refractivity contribution < 1.29 is 22.3 Å². The largest absolute Gasteiger partial charge is 0.294 e. The Kier molecular flexibility index (Phi) is 14.7. The molecule has 1 heterocycles. The van der Waals surface area contributed by atoms with Gasteiger partial charge in [-0.2, -0.15) is 13.5 Å². The van der Waals surface area contributed by atoms with Crippen LogP contribution in [0, 0.1) is 6.92 Å². The van der Waals surface area contributed by atoms with E-state index < -0.39 is 10.1 Å². The number of aromatic nitrogens is 1. The Morgan fingerprint density at radius 3 is 2.15 bits per heavy atom. The van der Waals surface area contributed by atoms with Crippen LogP contribution in [-0.2, 0) is 17.2 Å². The van der Waals surface area contributed by atoms with E-state index in [4.69, 9.17) is 4.55 Å². The molecule has 0 bridgehead atoms. The van der Waals surface area contributed by atoms with Crippen LogP contribution >= 0.6 is 0 Å². The molecule has 0 saturated heterocycles. The molecule has 0 aliphatic heterocycles. The molecule has 0 spiro atoms. The third-order valence-corrected chi connectivity index (χ3v) is 6.08. The number of aryl methyl sites for hydroxylation is 2. The molecule has 2 rings (SSSR count). The predicted molar refractivity (Wildman–Crippen MR) is 136 cm³/mol. The lowest BCUT2D eigenvalue weighted by molar-refractivity contribution is -0.671. The van der Waals surface area contributed by atoms with E-state index in [1.54, 1.807) is 24.4 Å². The summed E-state index contributed by atoms with van der Waals surface area (Å²) < 4.78 is 31.4. The molecule has 0 atom stereocenters. The molecule has 34 heavy (non-hydrogen) atoms. The molecule has 188 valence electrons. The van der Waals surface area contributed by atoms with E-state index in [2.05, 4.69) is 17.5 Å². The summed E-state index contributed by atoms with van der Waals surface area (Å²) in [4.78, 5) is 11.8. The maximum absolute atomic E-state index is 11.8. The van der Waals surface area contributed by atoms with Crippen LogP contribution in [0.4, 0.5) is 0 Å². The Morgan fingerprint density at radius 2 is 1.59 bits per heavy atom. The zero-order valence-corrected chi connectivity index (χ0v) is 21.6. The van der Waals surface area contributed by atoms with Crippen LogP contribution in [0.5, 0.6) is 0 Å². The van der Waals surface area contributed by atoms with Crippen LogP contribution in [0.1, 0.15) is 87.1 Å². The van der Waals surface area contributed by atoms with Gasteiger partial charge in [0.05, 0.1) is 4.90 Å². The summed E-state index contributed by atoms with van der Waals surface area (Å²) in [6, 6.07) is 9.62. The molecular formula is C26H40N3O4S+. The van der Waals surface area contributed by atoms with Gasteiger partial charge in [0.2, 0.25) is 0 Å². The Labute approximate surface area is 205 Å².